The third-order valence-electron chi connectivity index (χ3n) is 2.69. The van der Waals surface area contributed by atoms with Crippen molar-refractivity contribution in [1.82, 2.24) is 14.8 Å². The Labute approximate surface area is 132 Å². The van der Waals surface area contributed by atoms with Gasteiger partial charge in [0.1, 0.15) is 5.82 Å². The van der Waals surface area contributed by atoms with Crippen molar-refractivity contribution in [3.05, 3.63) is 47.8 Å². The van der Waals surface area contributed by atoms with Crippen molar-refractivity contribution in [1.29, 1.82) is 0 Å². The summed E-state index contributed by atoms with van der Waals surface area (Å²) < 4.78 is 1.90. The standard InChI is InChI=1S/C14H15ClN4OS/c1-3-8-19-10(2)17-18-14(19)21-9-13(20)16-12-7-5-4-6-11(12)15/h3-7H,1,8-9H2,2H3,(H,16,20). The fraction of sp³-hybridized carbons (Fsp3) is 0.214. The molecule has 5 nitrogen and oxygen atoms in total. The number of hydrogen-bond acceptors (Lipinski definition) is 4. The van der Waals surface area contributed by atoms with E-state index in [0.717, 1.165) is 5.82 Å². The van der Waals surface area contributed by atoms with Crippen LogP contribution < -0.4 is 5.32 Å². The second kappa shape index (κ2) is 7.28. The maximum absolute atomic E-state index is 11.9. The first-order valence-electron chi connectivity index (χ1n) is 6.29. The lowest BCUT2D eigenvalue weighted by atomic mass is 10.3. The third kappa shape index (κ3) is 4.09. The van der Waals surface area contributed by atoms with Gasteiger partial charge < -0.3 is 9.88 Å². The average Bonchev–Trinajstić information content (AvgIpc) is 2.81. The summed E-state index contributed by atoms with van der Waals surface area (Å²) >= 11 is 7.32. The van der Waals surface area contributed by atoms with Gasteiger partial charge in [0, 0.05) is 6.54 Å². The fourth-order valence-electron chi connectivity index (χ4n) is 1.69. The van der Waals surface area contributed by atoms with E-state index >= 15 is 0 Å². The Morgan fingerprint density at radius 3 is 2.95 bits per heavy atom. The summed E-state index contributed by atoms with van der Waals surface area (Å²) in [4.78, 5) is 11.9. The lowest BCUT2D eigenvalue weighted by Gasteiger charge is -2.07. The minimum Gasteiger partial charge on any atom is -0.324 e. The quantitative estimate of drug-likeness (QED) is 0.655. The highest BCUT2D eigenvalue weighted by Crippen LogP contribution is 2.22. The Kier molecular flexibility index (Phi) is 5.41. The maximum atomic E-state index is 11.9. The minimum absolute atomic E-state index is 0.140. The Morgan fingerprint density at radius 1 is 1.48 bits per heavy atom. The Morgan fingerprint density at radius 2 is 2.24 bits per heavy atom. The van der Waals surface area contributed by atoms with Gasteiger partial charge in [-0.05, 0) is 19.1 Å². The number of rotatable bonds is 6. The number of benzene rings is 1. The summed E-state index contributed by atoms with van der Waals surface area (Å²) in [6, 6.07) is 7.12. The number of nitrogens with one attached hydrogen (secondary N) is 1. The monoisotopic (exact) mass is 322 g/mol. The molecular weight excluding hydrogens is 308 g/mol. The Hall–Kier alpha value is -1.79. The number of thioether (sulfide) groups is 1. The molecule has 0 fully saturated rings. The number of amides is 1. The van der Waals surface area contributed by atoms with Crippen LogP contribution in [0.4, 0.5) is 5.69 Å². The van der Waals surface area contributed by atoms with Crippen LogP contribution >= 0.6 is 23.4 Å². The van der Waals surface area contributed by atoms with Crippen LogP contribution in [0.2, 0.25) is 5.02 Å². The van der Waals surface area contributed by atoms with Crippen molar-refractivity contribution in [2.45, 2.75) is 18.6 Å². The molecule has 1 amide bonds. The number of aromatic nitrogens is 3. The molecule has 110 valence electrons. The number of allylic oxidation sites excluding steroid dienone is 1. The van der Waals surface area contributed by atoms with Gasteiger partial charge in [-0.2, -0.15) is 0 Å². The summed E-state index contributed by atoms with van der Waals surface area (Å²) in [5.74, 6) is 0.892. The lowest BCUT2D eigenvalue weighted by molar-refractivity contribution is -0.113. The van der Waals surface area contributed by atoms with E-state index in [9.17, 15) is 4.79 Å². The van der Waals surface area contributed by atoms with Crippen LogP contribution in [0, 0.1) is 6.92 Å². The molecule has 1 heterocycles. The van der Waals surface area contributed by atoms with Gasteiger partial charge in [0.15, 0.2) is 5.16 Å². The molecule has 0 radical (unpaired) electrons. The van der Waals surface area contributed by atoms with Crippen LogP contribution in [0.1, 0.15) is 5.82 Å². The molecule has 1 aromatic heterocycles. The van der Waals surface area contributed by atoms with Crippen LogP contribution in [0.3, 0.4) is 0 Å². The van der Waals surface area contributed by atoms with Crippen LogP contribution in [0.15, 0.2) is 42.1 Å². The van der Waals surface area contributed by atoms with Crippen molar-refractivity contribution in [2.24, 2.45) is 0 Å². The largest absolute Gasteiger partial charge is 0.324 e. The average molecular weight is 323 g/mol. The molecule has 2 aromatic rings. The van der Waals surface area contributed by atoms with Gasteiger partial charge in [-0.15, -0.1) is 16.8 Å². The number of hydrogen-bond donors (Lipinski definition) is 1. The maximum Gasteiger partial charge on any atom is 0.234 e. The number of carbonyl (C=O) groups is 1. The molecule has 0 spiro atoms. The second-order valence-corrected chi connectivity index (χ2v) is 5.60. The molecule has 2 rings (SSSR count). The molecule has 21 heavy (non-hydrogen) atoms. The predicted molar refractivity (Wildman–Crippen MR) is 85.8 cm³/mol. The molecule has 0 aliphatic rings. The van der Waals surface area contributed by atoms with E-state index in [2.05, 4.69) is 22.1 Å². The SMILES string of the molecule is C=CCn1c(C)nnc1SCC(=O)Nc1ccccc1Cl. The molecule has 1 N–H and O–H groups in total. The van der Waals surface area contributed by atoms with E-state index < -0.39 is 0 Å². The first-order chi connectivity index (χ1) is 10.1. The van der Waals surface area contributed by atoms with Gasteiger partial charge in [0.05, 0.1) is 16.5 Å². The van der Waals surface area contributed by atoms with Crippen LogP contribution in [-0.4, -0.2) is 26.4 Å². The van der Waals surface area contributed by atoms with Crippen LogP contribution in [0.25, 0.3) is 0 Å². The normalized spacial score (nSPS) is 10.4. The van der Waals surface area contributed by atoms with Crippen molar-refractivity contribution in [3.63, 3.8) is 0 Å². The van der Waals surface area contributed by atoms with Crippen molar-refractivity contribution in [3.8, 4) is 0 Å². The van der Waals surface area contributed by atoms with E-state index in [4.69, 9.17) is 11.6 Å². The zero-order valence-electron chi connectivity index (χ0n) is 11.5. The van der Waals surface area contributed by atoms with Crippen LogP contribution in [0.5, 0.6) is 0 Å². The minimum atomic E-state index is -0.140. The number of anilines is 1. The number of para-hydroxylation sites is 1. The van der Waals surface area contributed by atoms with Gasteiger partial charge in [0.25, 0.3) is 0 Å². The van der Waals surface area contributed by atoms with E-state index in [1.807, 2.05) is 23.6 Å². The molecule has 1 aromatic carbocycles. The molecule has 0 bridgehead atoms. The van der Waals surface area contributed by atoms with E-state index in [-0.39, 0.29) is 11.7 Å². The third-order valence-corrected chi connectivity index (χ3v) is 3.99. The zero-order valence-corrected chi connectivity index (χ0v) is 13.1. The number of aryl methyl sites for hydroxylation is 1. The summed E-state index contributed by atoms with van der Waals surface area (Å²) in [6.07, 6.45) is 1.77. The van der Waals surface area contributed by atoms with Gasteiger partial charge in [0.2, 0.25) is 5.91 Å². The summed E-state index contributed by atoms with van der Waals surface area (Å²) in [6.45, 7) is 6.18. The molecule has 0 aliphatic heterocycles. The Bertz CT molecular complexity index is 656. The summed E-state index contributed by atoms with van der Waals surface area (Å²) in [5, 5.41) is 12.0. The predicted octanol–water partition coefficient (Wildman–Crippen LogP) is 3.16. The van der Waals surface area contributed by atoms with E-state index in [1.54, 1.807) is 18.2 Å². The second-order valence-electron chi connectivity index (χ2n) is 4.25. The van der Waals surface area contributed by atoms with E-state index in [0.29, 0.717) is 22.4 Å². The van der Waals surface area contributed by atoms with Gasteiger partial charge in [-0.25, -0.2) is 0 Å². The molecule has 0 atom stereocenters. The zero-order chi connectivity index (χ0) is 15.2. The molecule has 7 heteroatoms. The highest BCUT2D eigenvalue weighted by Gasteiger charge is 2.11. The molecule has 0 unspecified atom stereocenters. The smallest absolute Gasteiger partial charge is 0.234 e. The lowest BCUT2D eigenvalue weighted by Crippen LogP contribution is -2.15. The summed E-state index contributed by atoms with van der Waals surface area (Å²) in [5.41, 5.74) is 0.605. The van der Waals surface area contributed by atoms with Crippen molar-refractivity contribution in [2.75, 3.05) is 11.1 Å². The number of halogens is 1. The first-order valence-corrected chi connectivity index (χ1v) is 7.66. The number of carbonyl (C=O) groups excluding carboxylic acids is 1. The molecule has 0 saturated heterocycles. The fourth-order valence-corrected chi connectivity index (χ4v) is 2.66. The van der Waals surface area contributed by atoms with Gasteiger partial charge in [-0.3, -0.25) is 4.79 Å². The van der Waals surface area contributed by atoms with Crippen molar-refractivity contribution < 1.29 is 4.79 Å². The molecule has 0 aliphatic carbocycles. The first kappa shape index (κ1) is 15.6. The van der Waals surface area contributed by atoms with Crippen molar-refractivity contribution >= 4 is 35.0 Å². The molecule has 0 saturated carbocycles. The van der Waals surface area contributed by atoms with E-state index in [1.165, 1.54) is 11.8 Å². The van der Waals surface area contributed by atoms with Gasteiger partial charge in [-0.1, -0.05) is 41.6 Å². The number of nitrogens with zero attached hydrogens (tertiary/aromatic N) is 3. The summed E-state index contributed by atoms with van der Waals surface area (Å²) in [7, 11) is 0. The van der Waals surface area contributed by atoms with Crippen LogP contribution in [-0.2, 0) is 11.3 Å². The molecular formula is C14H15ClN4OS. The highest BCUT2D eigenvalue weighted by molar-refractivity contribution is 7.99. The highest BCUT2D eigenvalue weighted by atomic mass is 35.5. The van der Waals surface area contributed by atoms with Gasteiger partial charge >= 0.3 is 0 Å². The Balaban J connectivity index is 1.96. The topological polar surface area (TPSA) is 59.8 Å².